The number of imidazole rings is 1. The topological polar surface area (TPSA) is 87.9 Å². The van der Waals surface area contributed by atoms with Crippen LogP contribution in [-0.2, 0) is 11.2 Å². The Morgan fingerprint density at radius 3 is 2.96 bits per heavy atom. The zero-order valence-corrected chi connectivity index (χ0v) is 13.9. The highest BCUT2D eigenvalue weighted by molar-refractivity contribution is 5.76. The Kier molecular flexibility index (Phi) is 4.45. The lowest BCUT2D eigenvalue weighted by atomic mass is 10.1. The van der Waals surface area contributed by atoms with Crippen molar-refractivity contribution in [1.29, 1.82) is 0 Å². The summed E-state index contributed by atoms with van der Waals surface area (Å²) >= 11 is 0. The smallest absolute Gasteiger partial charge is 0.223 e. The van der Waals surface area contributed by atoms with Crippen molar-refractivity contribution in [3.8, 4) is 0 Å². The molecule has 23 heavy (non-hydrogen) atoms. The SMILES string of the molecule is Cc1cnc(C2CCN(C(=O)CCc3nnc(C(C)C)o3)C2)[nH]1. The van der Waals surface area contributed by atoms with Crippen LogP contribution in [0.2, 0.25) is 0 Å². The van der Waals surface area contributed by atoms with Crippen LogP contribution in [-0.4, -0.2) is 44.1 Å². The lowest BCUT2D eigenvalue weighted by molar-refractivity contribution is -0.130. The number of hydrogen-bond acceptors (Lipinski definition) is 5. The third kappa shape index (κ3) is 3.60. The van der Waals surface area contributed by atoms with Gasteiger partial charge in [-0.3, -0.25) is 4.79 Å². The molecule has 2 aromatic rings. The van der Waals surface area contributed by atoms with Crippen molar-refractivity contribution in [1.82, 2.24) is 25.1 Å². The van der Waals surface area contributed by atoms with Crippen LogP contribution in [0.15, 0.2) is 10.6 Å². The van der Waals surface area contributed by atoms with Gasteiger partial charge in [-0.05, 0) is 13.3 Å². The Balaban J connectivity index is 1.51. The summed E-state index contributed by atoms with van der Waals surface area (Å²) in [7, 11) is 0. The first-order valence-corrected chi connectivity index (χ1v) is 8.14. The van der Waals surface area contributed by atoms with Crippen LogP contribution in [0.4, 0.5) is 0 Å². The molecule has 1 N–H and O–H groups in total. The maximum absolute atomic E-state index is 12.3. The van der Waals surface area contributed by atoms with E-state index in [0.29, 0.717) is 30.5 Å². The second kappa shape index (κ2) is 6.52. The van der Waals surface area contributed by atoms with Crippen molar-refractivity contribution in [2.24, 2.45) is 0 Å². The first-order valence-electron chi connectivity index (χ1n) is 8.14. The van der Waals surface area contributed by atoms with Gasteiger partial charge in [0.15, 0.2) is 0 Å². The highest BCUT2D eigenvalue weighted by atomic mass is 16.4. The molecule has 0 spiro atoms. The van der Waals surface area contributed by atoms with E-state index < -0.39 is 0 Å². The number of aromatic nitrogens is 4. The second-order valence-electron chi connectivity index (χ2n) is 6.47. The molecule has 0 bridgehead atoms. The Morgan fingerprint density at radius 1 is 1.48 bits per heavy atom. The van der Waals surface area contributed by atoms with E-state index in [-0.39, 0.29) is 11.8 Å². The van der Waals surface area contributed by atoms with Crippen molar-refractivity contribution in [2.75, 3.05) is 13.1 Å². The average molecular weight is 317 g/mol. The van der Waals surface area contributed by atoms with Crippen molar-refractivity contribution >= 4 is 5.91 Å². The van der Waals surface area contributed by atoms with Crippen molar-refractivity contribution in [3.05, 3.63) is 29.5 Å². The number of carbonyl (C=O) groups is 1. The van der Waals surface area contributed by atoms with Gasteiger partial charge in [0, 0.05) is 49.7 Å². The summed E-state index contributed by atoms with van der Waals surface area (Å²) in [5.41, 5.74) is 1.06. The number of hydrogen-bond donors (Lipinski definition) is 1. The van der Waals surface area contributed by atoms with Crippen molar-refractivity contribution in [2.45, 2.75) is 51.9 Å². The molecule has 1 aliphatic rings. The Bertz CT molecular complexity index is 676. The molecule has 0 aromatic carbocycles. The predicted molar refractivity (Wildman–Crippen MR) is 84.0 cm³/mol. The molecular formula is C16H23N5O2. The lowest BCUT2D eigenvalue weighted by Gasteiger charge is -2.15. The lowest BCUT2D eigenvalue weighted by Crippen LogP contribution is -2.28. The van der Waals surface area contributed by atoms with Gasteiger partial charge in [-0.15, -0.1) is 10.2 Å². The third-order valence-corrected chi connectivity index (χ3v) is 4.18. The molecule has 7 nitrogen and oxygen atoms in total. The maximum atomic E-state index is 12.3. The zero-order chi connectivity index (χ0) is 16.4. The van der Waals surface area contributed by atoms with E-state index in [1.807, 2.05) is 31.9 Å². The van der Waals surface area contributed by atoms with E-state index in [4.69, 9.17) is 4.42 Å². The van der Waals surface area contributed by atoms with Crippen LogP contribution >= 0.6 is 0 Å². The number of H-pyrrole nitrogens is 1. The summed E-state index contributed by atoms with van der Waals surface area (Å²) in [6.07, 6.45) is 3.70. The molecule has 2 aromatic heterocycles. The predicted octanol–water partition coefficient (Wildman–Crippen LogP) is 2.17. The highest BCUT2D eigenvalue weighted by Gasteiger charge is 2.28. The molecule has 3 rings (SSSR count). The average Bonchev–Trinajstić information content (AvgIpc) is 3.24. The fourth-order valence-corrected chi connectivity index (χ4v) is 2.82. The second-order valence-corrected chi connectivity index (χ2v) is 6.47. The molecule has 1 amide bonds. The molecule has 0 saturated carbocycles. The number of likely N-dealkylation sites (tertiary alicyclic amines) is 1. The number of amides is 1. The number of carbonyl (C=O) groups excluding carboxylic acids is 1. The van der Waals surface area contributed by atoms with Crippen molar-refractivity contribution in [3.63, 3.8) is 0 Å². The quantitative estimate of drug-likeness (QED) is 0.913. The Morgan fingerprint density at radius 2 is 2.30 bits per heavy atom. The van der Waals surface area contributed by atoms with Crippen LogP contribution in [0.25, 0.3) is 0 Å². The number of aryl methyl sites for hydroxylation is 2. The van der Waals surface area contributed by atoms with Gasteiger partial charge in [0.25, 0.3) is 0 Å². The number of nitrogens with zero attached hydrogens (tertiary/aromatic N) is 4. The van der Waals surface area contributed by atoms with E-state index >= 15 is 0 Å². The van der Waals surface area contributed by atoms with Gasteiger partial charge >= 0.3 is 0 Å². The van der Waals surface area contributed by atoms with E-state index in [0.717, 1.165) is 31.0 Å². The van der Waals surface area contributed by atoms with Crippen LogP contribution in [0.3, 0.4) is 0 Å². The minimum absolute atomic E-state index is 0.139. The van der Waals surface area contributed by atoms with Gasteiger partial charge in [0.1, 0.15) is 5.82 Å². The highest BCUT2D eigenvalue weighted by Crippen LogP contribution is 2.25. The molecule has 0 radical (unpaired) electrons. The van der Waals surface area contributed by atoms with Gasteiger partial charge in [0.05, 0.1) is 0 Å². The van der Waals surface area contributed by atoms with E-state index in [2.05, 4.69) is 20.2 Å². The van der Waals surface area contributed by atoms with Crippen LogP contribution < -0.4 is 0 Å². The summed E-state index contributed by atoms with van der Waals surface area (Å²) < 4.78 is 5.54. The minimum Gasteiger partial charge on any atom is -0.425 e. The summed E-state index contributed by atoms with van der Waals surface area (Å²) in [5.74, 6) is 2.81. The van der Waals surface area contributed by atoms with Crippen molar-refractivity contribution < 1.29 is 9.21 Å². The summed E-state index contributed by atoms with van der Waals surface area (Å²) in [6.45, 7) is 7.51. The largest absolute Gasteiger partial charge is 0.425 e. The molecule has 1 unspecified atom stereocenters. The van der Waals surface area contributed by atoms with Gasteiger partial charge in [-0.1, -0.05) is 13.8 Å². The van der Waals surface area contributed by atoms with Gasteiger partial charge in [-0.25, -0.2) is 4.98 Å². The Labute approximate surface area is 135 Å². The number of rotatable bonds is 5. The first-order chi connectivity index (χ1) is 11.0. The number of aromatic amines is 1. The molecule has 0 aliphatic carbocycles. The number of nitrogens with one attached hydrogen (secondary N) is 1. The van der Waals surface area contributed by atoms with E-state index in [1.165, 1.54) is 0 Å². The molecular weight excluding hydrogens is 294 g/mol. The fourth-order valence-electron chi connectivity index (χ4n) is 2.82. The zero-order valence-electron chi connectivity index (χ0n) is 13.9. The molecule has 1 fully saturated rings. The molecule has 1 aliphatic heterocycles. The van der Waals surface area contributed by atoms with Crippen LogP contribution in [0, 0.1) is 6.92 Å². The minimum atomic E-state index is 0.139. The van der Waals surface area contributed by atoms with Crippen LogP contribution in [0.5, 0.6) is 0 Å². The molecule has 1 saturated heterocycles. The third-order valence-electron chi connectivity index (χ3n) is 4.18. The van der Waals surface area contributed by atoms with Gasteiger partial charge in [0.2, 0.25) is 17.7 Å². The summed E-state index contributed by atoms with van der Waals surface area (Å²) in [6, 6.07) is 0. The monoisotopic (exact) mass is 317 g/mol. The normalized spacial score (nSPS) is 18.1. The maximum Gasteiger partial charge on any atom is 0.223 e. The Hall–Kier alpha value is -2.18. The summed E-state index contributed by atoms with van der Waals surface area (Å²) in [5, 5.41) is 7.99. The first kappa shape index (κ1) is 15.7. The molecule has 1 atom stereocenters. The standard InChI is InChI=1S/C16H23N5O2/c1-10(2)16-20-19-13(23-16)4-5-14(22)21-7-6-12(9-21)15-17-8-11(3)18-15/h8,10,12H,4-7,9H2,1-3H3,(H,17,18). The molecule has 124 valence electrons. The molecule has 7 heteroatoms. The van der Waals surface area contributed by atoms with E-state index in [1.54, 1.807) is 0 Å². The van der Waals surface area contributed by atoms with Crippen LogP contribution in [0.1, 0.15) is 61.8 Å². The van der Waals surface area contributed by atoms with Gasteiger partial charge < -0.3 is 14.3 Å². The molecule has 3 heterocycles. The fraction of sp³-hybridized carbons (Fsp3) is 0.625. The van der Waals surface area contributed by atoms with Gasteiger partial charge in [-0.2, -0.15) is 0 Å². The summed E-state index contributed by atoms with van der Waals surface area (Å²) in [4.78, 5) is 21.9. The van der Waals surface area contributed by atoms with E-state index in [9.17, 15) is 4.79 Å².